The molecular weight excluding hydrogens is 224 g/mol. The van der Waals surface area contributed by atoms with Crippen molar-refractivity contribution in [1.82, 2.24) is 9.97 Å². The number of ether oxygens (including phenoxy) is 1. The lowest BCUT2D eigenvalue weighted by Crippen LogP contribution is -1.90. The Bertz CT molecular complexity index is 477. The second kappa shape index (κ2) is 4.49. The first-order chi connectivity index (χ1) is 7.69. The number of hydrogen-bond donors (Lipinski definition) is 0. The van der Waals surface area contributed by atoms with Crippen molar-refractivity contribution in [3.63, 3.8) is 0 Å². The molecule has 0 aliphatic rings. The maximum absolute atomic E-state index is 5.81. The fraction of sp³-hybridized carbons (Fsp3) is 0.167. The Morgan fingerprint density at radius 3 is 2.38 bits per heavy atom. The number of aromatic nitrogens is 2. The van der Waals surface area contributed by atoms with Gasteiger partial charge in [-0.1, -0.05) is 0 Å². The number of rotatable bonds is 2. The van der Waals surface area contributed by atoms with Crippen LogP contribution in [0.15, 0.2) is 30.3 Å². The van der Waals surface area contributed by atoms with Gasteiger partial charge in [0.05, 0.1) is 12.8 Å². The summed E-state index contributed by atoms with van der Waals surface area (Å²) in [5, 5.41) is 0.269. The second-order valence-corrected chi connectivity index (χ2v) is 3.73. The lowest BCUT2D eigenvalue weighted by atomic mass is 10.1. The van der Waals surface area contributed by atoms with E-state index in [1.54, 1.807) is 7.11 Å². The normalized spacial score (nSPS) is 10.2. The SMILES string of the molecule is COc1ccc(-c2cc(C)nc(Cl)n2)cc1. The van der Waals surface area contributed by atoms with Gasteiger partial charge in [-0.05, 0) is 48.9 Å². The molecule has 4 heteroatoms. The molecule has 0 saturated heterocycles. The van der Waals surface area contributed by atoms with Gasteiger partial charge in [0.1, 0.15) is 5.75 Å². The topological polar surface area (TPSA) is 35.0 Å². The van der Waals surface area contributed by atoms with E-state index >= 15 is 0 Å². The molecule has 0 spiro atoms. The van der Waals surface area contributed by atoms with Crippen molar-refractivity contribution in [2.24, 2.45) is 0 Å². The van der Waals surface area contributed by atoms with Crippen molar-refractivity contribution >= 4 is 11.6 Å². The van der Waals surface area contributed by atoms with Crippen LogP contribution in [0, 0.1) is 6.92 Å². The molecule has 1 heterocycles. The molecule has 0 fully saturated rings. The summed E-state index contributed by atoms with van der Waals surface area (Å²) < 4.78 is 5.09. The van der Waals surface area contributed by atoms with Gasteiger partial charge in [0.25, 0.3) is 0 Å². The van der Waals surface area contributed by atoms with Gasteiger partial charge in [0.2, 0.25) is 5.28 Å². The lowest BCUT2D eigenvalue weighted by Gasteiger charge is -2.04. The van der Waals surface area contributed by atoms with Crippen LogP contribution in [0.1, 0.15) is 5.69 Å². The Morgan fingerprint density at radius 1 is 1.12 bits per heavy atom. The predicted octanol–water partition coefficient (Wildman–Crippen LogP) is 3.11. The van der Waals surface area contributed by atoms with Gasteiger partial charge in [-0.15, -0.1) is 0 Å². The van der Waals surface area contributed by atoms with E-state index in [-0.39, 0.29) is 5.28 Å². The lowest BCUT2D eigenvalue weighted by molar-refractivity contribution is 0.415. The van der Waals surface area contributed by atoms with Gasteiger partial charge in [-0.25, -0.2) is 9.97 Å². The van der Waals surface area contributed by atoms with Crippen molar-refractivity contribution in [3.8, 4) is 17.0 Å². The van der Waals surface area contributed by atoms with Crippen LogP contribution in [0.25, 0.3) is 11.3 Å². The quantitative estimate of drug-likeness (QED) is 0.749. The molecule has 1 aromatic carbocycles. The molecule has 16 heavy (non-hydrogen) atoms. The van der Waals surface area contributed by atoms with Gasteiger partial charge >= 0.3 is 0 Å². The third-order valence-electron chi connectivity index (χ3n) is 2.21. The Morgan fingerprint density at radius 2 is 1.81 bits per heavy atom. The van der Waals surface area contributed by atoms with Crippen molar-refractivity contribution in [2.45, 2.75) is 6.92 Å². The van der Waals surface area contributed by atoms with Crippen LogP contribution in [0.3, 0.4) is 0 Å². The van der Waals surface area contributed by atoms with E-state index in [0.717, 1.165) is 22.7 Å². The standard InChI is InChI=1S/C12H11ClN2O/c1-8-7-11(15-12(13)14-8)9-3-5-10(16-2)6-4-9/h3-7H,1-2H3. The number of benzene rings is 1. The molecular formula is C12H11ClN2O. The number of halogens is 1. The average Bonchev–Trinajstić information content (AvgIpc) is 2.28. The van der Waals surface area contributed by atoms with Crippen LogP contribution in [0.2, 0.25) is 5.28 Å². The summed E-state index contributed by atoms with van der Waals surface area (Å²) >= 11 is 5.81. The first-order valence-corrected chi connectivity index (χ1v) is 5.22. The zero-order valence-corrected chi connectivity index (χ0v) is 9.82. The molecule has 0 bridgehead atoms. The van der Waals surface area contributed by atoms with Crippen molar-refractivity contribution in [1.29, 1.82) is 0 Å². The van der Waals surface area contributed by atoms with Gasteiger partial charge in [-0.3, -0.25) is 0 Å². The predicted molar refractivity (Wildman–Crippen MR) is 63.8 cm³/mol. The third kappa shape index (κ3) is 2.31. The maximum Gasteiger partial charge on any atom is 0.223 e. The van der Waals surface area contributed by atoms with E-state index in [4.69, 9.17) is 16.3 Å². The number of aryl methyl sites for hydroxylation is 1. The molecule has 0 aliphatic carbocycles. The fourth-order valence-electron chi connectivity index (χ4n) is 1.44. The molecule has 1 aromatic heterocycles. The summed E-state index contributed by atoms with van der Waals surface area (Å²) in [6.45, 7) is 1.89. The molecule has 2 rings (SSSR count). The highest BCUT2D eigenvalue weighted by Crippen LogP contribution is 2.21. The Balaban J connectivity index is 2.42. The van der Waals surface area contributed by atoms with Crippen LogP contribution >= 0.6 is 11.6 Å². The zero-order chi connectivity index (χ0) is 11.5. The van der Waals surface area contributed by atoms with E-state index in [0.29, 0.717) is 0 Å². The zero-order valence-electron chi connectivity index (χ0n) is 9.07. The van der Waals surface area contributed by atoms with E-state index < -0.39 is 0 Å². The molecule has 0 radical (unpaired) electrons. The average molecular weight is 235 g/mol. The van der Waals surface area contributed by atoms with E-state index in [1.165, 1.54) is 0 Å². The summed E-state index contributed by atoms with van der Waals surface area (Å²) in [6.07, 6.45) is 0. The summed E-state index contributed by atoms with van der Waals surface area (Å²) in [6, 6.07) is 9.56. The summed E-state index contributed by atoms with van der Waals surface area (Å²) in [7, 11) is 1.64. The third-order valence-corrected chi connectivity index (χ3v) is 2.38. The van der Waals surface area contributed by atoms with Gasteiger partial charge in [0.15, 0.2) is 0 Å². The monoisotopic (exact) mass is 234 g/mol. The van der Waals surface area contributed by atoms with Crippen LogP contribution in [0.5, 0.6) is 5.75 Å². The molecule has 0 unspecified atom stereocenters. The largest absolute Gasteiger partial charge is 0.497 e. The molecule has 2 aromatic rings. The molecule has 82 valence electrons. The summed E-state index contributed by atoms with van der Waals surface area (Å²) in [5.74, 6) is 0.820. The van der Waals surface area contributed by atoms with Crippen LogP contribution in [-0.2, 0) is 0 Å². The number of methoxy groups -OCH3 is 1. The van der Waals surface area contributed by atoms with Gasteiger partial charge in [0, 0.05) is 11.3 Å². The van der Waals surface area contributed by atoms with Crippen molar-refractivity contribution < 1.29 is 4.74 Å². The van der Waals surface area contributed by atoms with Crippen molar-refractivity contribution in [3.05, 3.63) is 41.3 Å². The summed E-state index contributed by atoms with van der Waals surface area (Å²) in [5.41, 5.74) is 2.67. The number of nitrogens with zero attached hydrogens (tertiary/aromatic N) is 2. The molecule has 0 amide bonds. The Hall–Kier alpha value is -1.61. The second-order valence-electron chi connectivity index (χ2n) is 3.39. The highest BCUT2D eigenvalue weighted by molar-refractivity contribution is 6.28. The van der Waals surface area contributed by atoms with E-state index in [2.05, 4.69) is 9.97 Å². The first kappa shape index (κ1) is 10.9. The van der Waals surface area contributed by atoms with Crippen LogP contribution < -0.4 is 4.74 Å². The van der Waals surface area contributed by atoms with Crippen molar-refractivity contribution in [2.75, 3.05) is 7.11 Å². The van der Waals surface area contributed by atoms with E-state index in [9.17, 15) is 0 Å². The first-order valence-electron chi connectivity index (χ1n) is 4.84. The van der Waals surface area contributed by atoms with Crippen LogP contribution in [-0.4, -0.2) is 17.1 Å². The molecule has 0 N–H and O–H groups in total. The molecule has 0 saturated carbocycles. The summed E-state index contributed by atoms with van der Waals surface area (Å²) in [4.78, 5) is 8.20. The minimum absolute atomic E-state index is 0.269. The minimum Gasteiger partial charge on any atom is -0.497 e. The minimum atomic E-state index is 0.269. The fourth-order valence-corrected chi connectivity index (χ4v) is 1.67. The smallest absolute Gasteiger partial charge is 0.223 e. The van der Waals surface area contributed by atoms with Gasteiger partial charge < -0.3 is 4.74 Å². The molecule has 3 nitrogen and oxygen atoms in total. The van der Waals surface area contributed by atoms with E-state index in [1.807, 2.05) is 37.3 Å². The molecule has 0 aliphatic heterocycles. The molecule has 0 atom stereocenters. The maximum atomic E-state index is 5.81. The highest BCUT2D eigenvalue weighted by atomic mass is 35.5. The highest BCUT2D eigenvalue weighted by Gasteiger charge is 2.03. The van der Waals surface area contributed by atoms with Gasteiger partial charge in [-0.2, -0.15) is 0 Å². The Labute approximate surface area is 99.1 Å². The number of hydrogen-bond acceptors (Lipinski definition) is 3. The Kier molecular flexibility index (Phi) is 3.06. The van der Waals surface area contributed by atoms with Crippen LogP contribution in [0.4, 0.5) is 0 Å².